The Kier molecular flexibility index (Phi) is 12.9. The zero-order valence-corrected chi connectivity index (χ0v) is 10.3. The molecule has 0 aliphatic heterocycles. The van der Waals surface area contributed by atoms with Crippen molar-refractivity contribution < 1.29 is 0 Å². The van der Waals surface area contributed by atoms with E-state index in [1.165, 1.54) is 38.5 Å². The van der Waals surface area contributed by atoms with Crippen molar-refractivity contribution in [1.29, 1.82) is 0 Å². The van der Waals surface area contributed by atoms with Crippen LogP contribution in [-0.4, -0.2) is 13.1 Å². The van der Waals surface area contributed by atoms with Crippen LogP contribution in [0.5, 0.6) is 0 Å². The standard InChI is InChI=1S/C14H27N/c1-3-5-7-9-10-12-14-15-13-11-8-6-4-2/h3,10,12,15H,1,4-9,11,13-14H2,2H3. The molecular formula is C14H27N. The van der Waals surface area contributed by atoms with Crippen LogP contribution in [0.1, 0.15) is 51.9 Å². The molecule has 0 rings (SSSR count). The Morgan fingerprint density at radius 2 is 1.87 bits per heavy atom. The van der Waals surface area contributed by atoms with Gasteiger partial charge in [-0.2, -0.15) is 0 Å². The van der Waals surface area contributed by atoms with Crippen LogP contribution in [0.4, 0.5) is 0 Å². The van der Waals surface area contributed by atoms with E-state index < -0.39 is 0 Å². The van der Waals surface area contributed by atoms with E-state index in [1.54, 1.807) is 0 Å². The van der Waals surface area contributed by atoms with E-state index in [1.807, 2.05) is 6.08 Å². The molecule has 1 N–H and O–H groups in total. The fraction of sp³-hybridized carbons (Fsp3) is 0.714. The van der Waals surface area contributed by atoms with Gasteiger partial charge in [-0.3, -0.25) is 0 Å². The summed E-state index contributed by atoms with van der Waals surface area (Å²) in [7, 11) is 0. The lowest BCUT2D eigenvalue weighted by atomic mass is 10.2. The van der Waals surface area contributed by atoms with Gasteiger partial charge in [-0.1, -0.05) is 44.4 Å². The molecule has 0 saturated heterocycles. The Labute approximate surface area is 95.7 Å². The van der Waals surface area contributed by atoms with E-state index in [9.17, 15) is 0 Å². The minimum absolute atomic E-state index is 1.03. The number of unbranched alkanes of at least 4 members (excludes halogenated alkanes) is 5. The molecule has 0 radical (unpaired) electrons. The van der Waals surface area contributed by atoms with Crippen molar-refractivity contribution in [3.8, 4) is 0 Å². The van der Waals surface area contributed by atoms with Gasteiger partial charge in [-0.15, -0.1) is 6.58 Å². The summed E-state index contributed by atoms with van der Waals surface area (Å²) in [5.41, 5.74) is 0. The van der Waals surface area contributed by atoms with Gasteiger partial charge < -0.3 is 5.32 Å². The molecule has 0 aromatic heterocycles. The maximum absolute atomic E-state index is 3.71. The molecule has 15 heavy (non-hydrogen) atoms. The van der Waals surface area contributed by atoms with Gasteiger partial charge in [0.2, 0.25) is 0 Å². The lowest BCUT2D eigenvalue weighted by Gasteiger charge is -2.00. The summed E-state index contributed by atoms with van der Waals surface area (Å²) in [4.78, 5) is 0. The third-order valence-electron chi connectivity index (χ3n) is 2.42. The molecule has 0 aromatic rings. The predicted molar refractivity (Wildman–Crippen MR) is 70.2 cm³/mol. The second-order valence-electron chi connectivity index (χ2n) is 3.96. The van der Waals surface area contributed by atoms with Crippen LogP contribution in [0.25, 0.3) is 0 Å². The van der Waals surface area contributed by atoms with Crippen LogP contribution in [0.2, 0.25) is 0 Å². The number of rotatable bonds is 11. The second kappa shape index (κ2) is 13.4. The SMILES string of the molecule is C=CCCCC=CCNCCCCCC. The van der Waals surface area contributed by atoms with Gasteiger partial charge in [0.15, 0.2) is 0 Å². The largest absolute Gasteiger partial charge is 0.313 e. The van der Waals surface area contributed by atoms with Crippen LogP contribution >= 0.6 is 0 Å². The number of allylic oxidation sites excluding steroid dienone is 2. The highest BCUT2D eigenvalue weighted by atomic mass is 14.8. The molecule has 1 nitrogen and oxygen atoms in total. The maximum Gasteiger partial charge on any atom is 0.0134 e. The fourth-order valence-corrected chi connectivity index (χ4v) is 1.44. The molecule has 0 aliphatic carbocycles. The van der Waals surface area contributed by atoms with Crippen molar-refractivity contribution in [1.82, 2.24) is 5.32 Å². The summed E-state index contributed by atoms with van der Waals surface area (Å²) in [6.45, 7) is 8.15. The van der Waals surface area contributed by atoms with Crippen molar-refractivity contribution in [2.24, 2.45) is 0 Å². The van der Waals surface area contributed by atoms with Gasteiger partial charge in [-0.05, 0) is 32.2 Å². The van der Waals surface area contributed by atoms with Gasteiger partial charge in [0, 0.05) is 6.54 Å². The second-order valence-corrected chi connectivity index (χ2v) is 3.96. The van der Waals surface area contributed by atoms with E-state index in [-0.39, 0.29) is 0 Å². The Hall–Kier alpha value is -0.560. The van der Waals surface area contributed by atoms with Crippen LogP contribution in [0, 0.1) is 0 Å². The molecule has 0 heterocycles. The molecule has 88 valence electrons. The first-order valence-electron chi connectivity index (χ1n) is 6.38. The average molecular weight is 209 g/mol. The topological polar surface area (TPSA) is 12.0 Å². The molecule has 0 saturated carbocycles. The highest BCUT2D eigenvalue weighted by Gasteiger charge is 1.86. The molecule has 0 aliphatic rings. The summed E-state index contributed by atoms with van der Waals surface area (Å²) in [5, 5.41) is 3.43. The lowest BCUT2D eigenvalue weighted by Crippen LogP contribution is -2.14. The number of hydrogen-bond acceptors (Lipinski definition) is 1. The number of nitrogens with one attached hydrogen (secondary N) is 1. The van der Waals surface area contributed by atoms with Crippen molar-refractivity contribution in [3.05, 3.63) is 24.8 Å². The van der Waals surface area contributed by atoms with Crippen LogP contribution in [0.3, 0.4) is 0 Å². The highest BCUT2D eigenvalue weighted by Crippen LogP contribution is 1.97. The van der Waals surface area contributed by atoms with E-state index in [0.29, 0.717) is 0 Å². The minimum atomic E-state index is 1.03. The van der Waals surface area contributed by atoms with Crippen LogP contribution in [-0.2, 0) is 0 Å². The molecule has 0 fully saturated rings. The first-order chi connectivity index (χ1) is 7.41. The molecule has 0 aromatic carbocycles. The summed E-state index contributed by atoms with van der Waals surface area (Å²) >= 11 is 0. The third-order valence-corrected chi connectivity index (χ3v) is 2.42. The molecule has 0 atom stereocenters. The summed E-state index contributed by atoms with van der Waals surface area (Å²) < 4.78 is 0. The van der Waals surface area contributed by atoms with E-state index in [0.717, 1.165) is 19.5 Å². The normalized spacial score (nSPS) is 11.0. The molecule has 0 unspecified atom stereocenters. The Morgan fingerprint density at radius 3 is 2.60 bits per heavy atom. The van der Waals surface area contributed by atoms with E-state index >= 15 is 0 Å². The summed E-state index contributed by atoms with van der Waals surface area (Å²) in [6.07, 6.45) is 15.4. The lowest BCUT2D eigenvalue weighted by molar-refractivity contribution is 0.620. The Balaban J connectivity index is 2.99. The molecular weight excluding hydrogens is 182 g/mol. The molecule has 0 spiro atoms. The zero-order chi connectivity index (χ0) is 11.2. The quantitative estimate of drug-likeness (QED) is 0.399. The molecule has 1 heteroatoms. The van der Waals surface area contributed by atoms with E-state index in [2.05, 4.69) is 31.0 Å². The van der Waals surface area contributed by atoms with Crippen molar-refractivity contribution in [2.45, 2.75) is 51.9 Å². The van der Waals surface area contributed by atoms with Gasteiger partial charge in [0.05, 0.1) is 0 Å². The zero-order valence-electron chi connectivity index (χ0n) is 10.3. The predicted octanol–water partition coefficient (Wildman–Crippen LogP) is 4.07. The Morgan fingerprint density at radius 1 is 1.00 bits per heavy atom. The summed E-state index contributed by atoms with van der Waals surface area (Å²) in [5.74, 6) is 0. The van der Waals surface area contributed by atoms with Gasteiger partial charge in [0.1, 0.15) is 0 Å². The first-order valence-corrected chi connectivity index (χ1v) is 6.38. The smallest absolute Gasteiger partial charge is 0.0134 e. The number of hydrogen-bond donors (Lipinski definition) is 1. The monoisotopic (exact) mass is 209 g/mol. The van der Waals surface area contributed by atoms with Crippen LogP contribution < -0.4 is 5.32 Å². The maximum atomic E-state index is 3.71. The van der Waals surface area contributed by atoms with Crippen molar-refractivity contribution in [2.75, 3.05) is 13.1 Å². The van der Waals surface area contributed by atoms with Crippen molar-refractivity contribution >= 4 is 0 Å². The third kappa shape index (κ3) is 13.4. The fourth-order valence-electron chi connectivity index (χ4n) is 1.44. The minimum Gasteiger partial charge on any atom is -0.313 e. The van der Waals surface area contributed by atoms with E-state index in [4.69, 9.17) is 0 Å². The summed E-state index contributed by atoms with van der Waals surface area (Å²) in [6, 6.07) is 0. The van der Waals surface area contributed by atoms with Gasteiger partial charge in [-0.25, -0.2) is 0 Å². The van der Waals surface area contributed by atoms with Gasteiger partial charge >= 0.3 is 0 Å². The van der Waals surface area contributed by atoms with Crippen LogP contribution in [0.15, 0.2) is 24.8 Å². The Bertz CT molecular complexity index is 149. The van der Waals surface area contributed by atoms with Gasteiger partial charge in [0.25, 0.3) is 0 Å². The molecule has 0 amide bonds. The highest BCUT2D eigenvalue weighted by molar-refractivity contribution is 4.84. The van der Waals surface area contributed by atoms with Crippen molar-refractivity contribution in [3.63, 3.8) is 0 Å². The molecule has 0 bridgehead atoms. The average Bonchev–Trinajstić information content (AvgIpc) is 2.26. The first kappa shape index (κ1) is 14.4.